The molecular formula is C33H36F3N5O3. The number of hydrogen-bond acceptors (Lipinski definition) is 8. The summed E-state index contributed by atoms with van der Waals surface area (Å²) in [6.07, 6.45) is 3.09. The van der Waals surface area contributed by atoms with Gasteiger partial charge in [0.1, 0.15) is 41.4 Å². The fraction of sp³-hybridized carbons (Fsp3) is 0.485. The molecule has 0 aliphatic carbocycles. The highest BCUT2D eigenvalue weighted by atomic mass is 19.1. The molecule has 3 aliphatic rings. The predicted octanol–water partition coefficient (Wildman–Crippen LogP) is 5.55. The molecule has 3 saturated heterocycles. The molecule has 0 bridgehead atoms. The van der Waals surface area contributed by atoms with Crippen molar-refractivity contribution in [3.8, 4) is 23.0 Å². The highest BCUT2D eigenvalue weighted by molar-refractivity contribution is 6.01. The van der Waals surface area contributed by atoms with Crippen molar-refractivity contribution in [3.63, 3.8) is 0 Å². The Bertz CT molecular complexity index is 1750. The van der Waals surface area contributed by atoms with E-state index in [-0.39, 0.29) is 41.1 Å². The first-order chi connectivity index (χ1) is 21.2. The molecule has 4 aromatic rings. The Labute approximate surface area is 253 Å². The molecule has 0 amide bonds. The first-order valence-corrected chi connectivity index (χ1v) is 15.4. The molecule has 4 atom stereocenters. The maximum atomic E-state index is 16.7. The van der Waals surface area contributed by atoms with Crippen LogP contribution in [0.15, 0.2) is 30.5 Å². The lowest BCUT2D eigenvalue weighted by Crippen LogP contribution is -2.44. The molecule has 0 unspecified atom stereocenters. The molecule has 2 N–H and O–H groups in total. The number of benzene rings is 2. The highest BCUT2D eigenvalue weighted by Gasteiger charge is 2.49. The van der Waals surface area contributed by atoms with Gasteiger partial charge in [0.15, 0.2) is 5.82 Å². The number of halogens is 3. The maximum Gasteiger partial charge on any atom is 0.319 e. The zero-order chi connectivity index (χ0) is 30.7. The summed E-state index contributed by atoms with van der Waals surface area (Å²) in [5.41, 5.74) is 0.0742. The number of anilines is 1. The molecule has 44 heavy (non-hydrogen) atoms. The lowest BCUT2D eigenvalue weighted by Gasteiger charge is -2.35. The van der Waals surface area contributed by atoms with Gasteiger partial charge < -0.3 is 19.8 Å². The number of hydrogen-bond donors (Lipinski definition) is 2. The van der Waals surface area contributed by atoms with Gasteiger partial charge in [-0.3, -0.25) is 9.88 Å². The van der Waals surface area contributed by atoms with Crippen molar-refractivity contribution in [2.75, 3.05) is 37.7 Å². The molecule has 2 aromatic heterocycles. The van der Waals surface area contributed by atoms with Crippen LogP contribution in [0.5, 0.6) is 11.8 Å². The summed E-state index contributed by atoms with van der Waals surface area (Å²) >= 11 is 0. The number of aromatic nitrogens is 3. The normalized spacial score (nSPS) is 25.7. The molecule has 2 aromatic carbocycles. The standard InChI is InChI=1S/C33H36F3N5O3/c1-3-23-26(35)6-5-19-10-21(42)11-24(27(19)23)29-28(36)30-25(13-37-29)31(40-14-18(2)9-22(43)16-40)39-32(38-30)44-17-33-7-4-8-41(33)15-20(34)12-33/h5-6,10-11,13,18,20,22,42-43H,3-4,7-9,12,14-17H2,1-2H3/t18-,20-,22-,33+/m1/s1. The van der Waals surface area contributed by atoms with E-state index in [0.29, 0.717) is 66.4 Å². The number of β-amino-alcohol motifs (C(OH)–C–C–N with tert-alkyl or cyclic N) is 1. The van der Waals surface area contributed by atoms with Crippen LogP contribution in [0.3, 0.4) is 0 Å². The van der Waals surface area contributed by atoms with E-state index < -0.39 is 29.4 Å². The van der Waals surface area contributed by atoms with Crippen LogP contribution in [0.4, 0.5) is 19.0 Å². The van der Waals surface area contributed by atoms with Crippen molar-refractivity contribution in [1.29, 1.82) is 0 Å². The summed E-state index contributed by atoms with van der Waals surface area (Å²) in [5.74, 6) is -0.726. The summed E-state index contributed by atoms with van der Waals surface area (Å²) in [4.78, 5) is 17.7. The summed E-state index contributed by atoms with van der Waals surface area (Å²) in [6, 6.07) is 5.76. The first-order valence-electron chi connectivity index (χ1n) is 15.4. The number of phenolic OH excluding ortho intramolecular Hbond substituents is 1. The van der Waals surface area contributed by atoms with E-state index in [2.05, 4.69) is 14.9 Å². The highest BCUT2D eigenvalue weighted by Crippen LogP contribution is 2.42. The molecule has 3 aliphatic heterocycles. The molecule has 0 radical (unpaired) electrons. The number of alkyl halides is 1. The number of aromatic hydroxyl groups is 1. The van der Waals surface area contributed by atoms with Gasteiger partial charge in [-0.2, -0.15) is 9.97 Å². The monoisotopic (exact) mass is 607 g/mol. The minimum absolute atomic E-state index is 0.0378. The number of aliphatic hydroxyl groups is 1. The lowest BCUT2D eigenvalue weighted by atomic mass is 9.94. The summed E-state index contributed by atoms with van der Waals surface area (Å²) in [7, 11) is 0. The first kappa shape index (κ1) is 29.0. The van der Waals surface area contributed by atoms with Gasteiger partial charge in [-0.15, -0.1) is 0 Å². The maximum absolute atomic E-state index is 16.7. The second-order valence-electron chi connectivity index (χ2n) is 12.7. The van der Waals surface area contributed by atoms with E-state index in [1.807, 2.05) is 18.7 Å². The molecule has 232 valence electrons. The molecule has 3 fully saturated rings. The predicted molar refractivity (Wildman–Crippen MR) is 162 cm³/mol. The largest absolute Gasteiger partial charge is 0.508 e. The molecule has 0 spiro atoms. The SMILES string of the molecule is CCc1c(F)ccc2cc(O)cc(-c3ncc4c(N5C[C@H](C)C[C@@H](O)C5)nc(OC[C@@]56CCCN5C[C@H](F)C6)nc4c3F)c12. The number of rotatable bonds is 6. The summed E-state index contributed by atoms with van der Waals surface area (Å²) < 4.78 is 52.2. The van der Waals surface area contributed by atoms with Crippen LogP contribution in [0.2, 0.25) is 0 Å². The number of fused-ring (bicyclic) bond motifs is 3. The van der Waals surface area contributed by atoms with Gasteiger partial charge in [0, 0.05) is 37.8 Å². The Morgan fingerprint density at radius 2 is 1.98 bits per heavy atom. The lowest BCUT2D eigenvalue weighted by molar-refractivity contribution is 0.107. The van der Waals surface area contributed by atoms with Crippen molar-refractivity contribution >= 4 is 27.5 Å². The Kier molecular flexibility index (Phi) is 7.28. The Morgan fingerprint density at radius 3 is 2.77 bits per heavy atom. The van der Waals surface area contributed by atoms with Crippen molar-refractivity contribution < 1.29 is 28.1 Å². The summed E-state index contributed by atoms with van der Waals surface area (Å²) in [6.45, 7) is 6.09. The molecule has 0 saturated carbocycles. The van der Waals surface area contributed by atoms with Crippen LogP contribution in [0, 0.1) is 17.6 Å². The Hall–Kier alpha value is -3.70. The van der Waals surface area contributed by atoms with Crippen LogP contribution >= 0.6 is 0 Å². The molecule has 7 rings (SSSR count). The molecule has 8 nitrogen and oxygen atoms in total. The number of aliphatic hydroxyl groups excluding tert-OH is 1. The van der Waals surface area contributed by atoms with Crippen molar-refractivity contribution in [3.05, 3.63) is 47.7 Å². The van der Waals surface area contributed by atoms with Crippen LogP contribution in [-0.4, -0.2) is 80.7 Å². The molecule has 11 heteroatoms. The van der Waals surface area contributed by atoms with Gasteiger partial charge in [-0.25, -0.2) is 13.2 Å². The Morgan fingerprint density at radius 1 is 1.14 bits per heavy atom. The zero-order valence-corrected chi connectivity index (χ0v) is 24.9. The number of pyridine rings is 1. The fourth-order valence-electron chi connectivity index (χ4n) is 7.69. The van der Waals surface area contributed by atoms with E-state index >= 15 is 4.39 Å². The molecule has 5 heterocycles. The van der Waals surface area contributed by atoms with Gasteiger partial charge in [0.2, 0.25) is 0 Å². The van der Waals surface area contributed by atoms with Crippen molar-refractivity contribution in [2.45, 2.75) is 63.8 Å². The van der Waals surface area contributed by atoms with Crippen LogP contribution in [0.25, 0.3) is 32.9 Å². The zero-order valence-electron chi connectivity index (χ0n) is 24.9. The van der Waals surface area contributed by atoms with Gasteiger partial charge in [-0.1, -0.05) is 19.9 Å². The van der Waals surface area contributed by atoms with E-state index in [9.17, 15) is 19.0 Å². The van der Waals surface area contributed by atoms with Gasteiger partial charge >= 0.3 is 6.01 Å². The number of piperidine rings is 1. The van der Waals surface area contributed by atoms with E-state index in [1.165, 1.54) is 24.4 Å². The number of nitrogens with zero attached hydrogens (tertiary/aromatic N) is 5. The second-order valence-corrected chi connectivity index (χ2v) is 12.7. The average Bonchev–Trinajstić information content (AvgIpc) is 3.51. The Balaban J connectivity index is 1.38. The average molecular weight is 608 g/mol. The van der Waals surface area contributed by atoms with Gasteiger partial charge in [0.25, 0.3) is 0 Å². The fourth-order valence-corrected chi connectivity index (χ4v) is 7.69. The minimum Gasteiger partial charge on any atom is -0.508 e. The topological polar surface area (TPSA) is 94.8 Å². The van der Waals surface area contributed by atoms with Crippen LogP contribution in [0.1, 0.15) is 45.1 Å². The van der Waals surface area contributed by atoms with Crippen LogP contribution < -0.4 is 9.64 Å². The third-order valence-electron chi connectivity index (χ3n) is 9.57. The van der Waals surface area contributed by atoms with E-state index in [0.717, 1.165) is 19.4 Å². The van der Waals surface area contributed by atoms with Crippen molar-refractivity contribution in [1.82, 2.24) is 19.9 Å². The van der Waals surface area contributed by atoms with Crippen molar-refractivity contribution in [2.24, 2.45) is 5.92 Å². The smallest absolute Gasteiger partial charge is 0.319 e. The third kappa shape index (κ3) is 4.90. The molecular weight excluding hydrogens is 571 g/mol. The van der Waals surface area contributed by atoms with Gasteiger partial charge in [0.05, 0.1) is 17.0 Å². The van der Waals surface area contributed by atoms with E-state index in [1.54, 1.807) is 6.07 Å². The third-order valence-corrected chi connectivity index (χ3v) is 9.57. The minimum atomic E-state index is -0.927. The number of ether oxygens (including phenoxy) is 1. The summed E-state index contributed by atoms with van der Waals surface area (Å²) in [5, 5.41) is 22.5. The quantitative estimate of drug-likeness (QED) is 0.295. The number of aryl methyl sites for hydroxylation is 1. The van der Waals surface area contributed by atoms with Crippen LogP contribution in [-0.2, 0) is 6.42 Å². The van der Waals surface area contributed by atoms with Gasteiger partial charge in [-0.05, 0) is 72.7 Å². The number of phenols is 1. The second kappa shape index (κ2) is 11.0. The van der Waals surface area contributed by atoms with E-state index in [4.69, 9.17) is 9.72 Å².